The van der Waals surface area contributed by atoms with E-state index in [0.29, 0.717) is 17.9 Å². The number of ether oxygens (including phenoxy) is 1. The average Bonchev–Trinajstić information content (AvgIpc) is 3.27. The zero-order valence-corrected chi connectivity index (χ0v) is 16.8. The molecule has 0 spiro atoms. The van der Waals surface area contributed by atoms with Crippen LogP contribution in [-0.4, -0.2) is 41.9 Å². The van der Waals surface area contributed by atoms with Crippen molar-refractivity contribution in [1.82, 2.24) is 10.6 Å². The Bertz CT molecular complexity index is 684. The van der Waals surface area contributed by atoms with Crippen LogP contribution in [0, 0.1) is 5.92 Å². The fourth-order valence-electron chi connectivity index (χ4n) is 3.88. The Kier molecular flexibility index (Phi) is 6.32. The number of ketones is 1. The number of Topliss-reactive ketones (excluding diaryl/α,β-unsaturated/α-hetero) is 1. The Morgan fingerprint density at radius 2 is 2.07 bits per heavy atom. The lowest BCUT2D eigenvalue weighted by Crippen LogP contribution is -2.60. The number of hydrogen-bond acceptors (Lipinski definition) is 5. The molecule has 2 N–H and O–H groups in total. The minimum atomic E-state index is -1.05. The van der Waals surface area contributed by atoms with Gasteiger partial charge in [0, 0.05) is 5.38 Å². The highest BCUT2D eigenvalue weighted by Gasteiger charge is 2.47. The Morgan fingerprint density at radius 1 is 1.33 bits per heavy atom. The molecule has 1 saturated heterocycles. The van der Waals surface area contributed by atoms with Crippen LogP contribution in [-0.2, 0) is 14.3 Å². The van der Waals surface area contributed by atoms with E-state index in [0.717, 1.165) is 12.8 Å². The molecule has 1 aliphatic heterocycles. The molecule has 0 unspecified atom stereocenters. The third-order valence-corrected chi connectivity index (χ3v) is 6.62. The molecule has 2 fully saturated rings. The number of amides is 2. The summed E-state index contributed by atoms with van der Waals surface area (Å²) in [6, 6.07) is 1.09. The summed E-state index contributed by atoms with van der Waals surface area (Å²) >= 11 is 1.44. The first kappa shape index (κ1) is 20.0. The second kappa shape index (κ2) is 8.52. The van der Waals surface area contributed by atoms with Gasteiger partial charge in [-0.3, -0.25) is 14.4 Å². The maximum atomic E-state index is 13.0. The van der Waals surface area contributed by atoms with E-state index in [4.69, 9.17) is 4.74 Å². The largest absolute Gasteiger partial charge is 0.368 e. The van der Waals surface area contributed by atoms with Gasteiger partial charge in [0.05, 0.1) is 11.7 Å². The summed E-state index contributed by atoms with van der Waals surface area (Å²) in [6.45, 7) is 3.49. The Morgan fingerprint density at radius 3 is 2.67 bits per heavy atom. The molecule has 2 amide bonds. The summed E-state index contributed by atoms with van der Waals surface area (Å²) in [7, 11) is 0. The van der Waals surface area contributed by atoms with Crippen molar-refractivity contribution in [1.29, 1.82) is 0 Å². The van der Waals surface area contributed by atoms with E-state index in [1.54, 1.807) is 25.3 Å². The lowest BCUT2D eigenvalue weighted by molar-refractivity contribution is -0.131. The van der Waals surface area contributed by atoms with Crippen LogP contribution in [0.2, 0.25) is 0 Å². The third kappa shape index (κ3) is 4.58. The summed E-state index contributed by atoms with van der Waals surface area (Å²) < 4.78 is 5.40. The van der Waals surface area contributed by atoms with Crippen LogP contribution in [0.3, 0.4) is 0 Å². The highest BCUT2D eigenvalue weighted by atomic mass is 32.1. The molecule has 0 aromatic carbocycles. The first-order valence-electron chi connectivity index (χ1n) is 9.70. The highest BCUT2D eigenvalue weighted by Crippen LogP contribution is 2.28. The molecule has 27 heavy (non-hydrogen) atoms. The van der Waals surface area contributed by atoms with E-state index >= 15 is 0 Å². The number of thiophene rings is 1. The van der Waals surface area contributed by atoms with E-state index < -0.39 is 17.7 Å². The predicted octanol–water partition coefficient (Wildman–Crippen LogP) is 2.68. The molecule has 2 aliphatic rings. The number of nitrogens with one attached hydrogen (secondary N) is 2. The van der Waals surface area contributed by atoms with Gasteiger partial charge in [0.15, 0.2) is 5.78 Å². The highest BCUT2D eigenvalue weighted by molar-refractivity contribution is 7.08. The van der Waals surface area contributed by atoms with Gasteiger partial charge in [-0.15, -0.1) is 0 Å². The molecule has 1 aliphatic carbocycles. The molecule has 0 bridgehead atoms. The average molecular weight is 393 g/mol. The van der Waals surface area contributed by atoms with Gasteiger partial charge >= 0.3 is 0 Å². The first-order valence-corrected chi connectivity index (χ1v) is 10.6. The normalized spacial score (nSPS) is 27.3. The Balaban J connectivity index is 1.72. The van der Waals surface area contributed by atoms with Crippen molar-refractivity contribution in [3.05, 3.63) is 22.4 Å². The van der Waals surface area contributed by atoms with Crippen LogP contribution in [0.5, 0.6) is 0 Å². The second-order valence-corrected chi connectivity index (χ2v) is 8.63. The van der Waals surface area contributed by atoms with Crippen molar-refractivity contribution < 1.29 is 19.1 Å². The van der Waals surface area contributed by atoms with Crippen LogP contribution in [0.4, 0.5) is 0 Å². The minimum Gasteiger partial charge on any atom is -0.368 e. The third-order valence-electron chi connectivity index (χ3n) is 5.94. The van der Waals surface area contributed by atoms with Gasteiger partial charge in [-0.2, -0.15) is 11.3 Å². The molecule has 7 heteroatoms. The summed E-state index contributed by atoms with van der Waals surface area (Å²) in [6.07, 6.45) is 5.92. The molecule has 3 atom stereocenters. The SMILES string of the molecule is C[C@H]1OCC(=O)[C@]1(C)NC(=O)[C@H](CC1CCCCC1)NC(=O)c1ccsc1. The van der Waals surface area contributed by atoms with Crippen LogP contribution in [0.25, 0.3) is 0 Å². The topological polar surface area (TPSA) is 84.5 Å². The van der Waals surface area contributed by atoms with Crippen LogP contribution in [0.15, 0.2) is 16.8 Å². The van der Waals surface area contributed by atoms with Gasteiger partial charge in [0.2, 0.25) is 5.91 Å². The van der Waals surface area contributed by atoms with Crippen molar-refractivity contribution in [3.8, 4) is 0 Å². The maximum absolute atomic E-state index is 13.0. The van der Waals surface area contributed by atoms with Gasteiger partial charge in [-0.05, 0) is 37.6 Å². The van der Waals surface area contributed by atoms with Crippen molar-refractivity contribution in [2.45, 2.75) is 70.1 Å². The minimum absolute atomic E-state index is 0.00645. The summed E-state index contributed by atoms with van der Waals surface area (Å²) in [4.78, 5) is 37.8. The molecule has 148 valence electrons. The van der Waals surface area contributed by atoms with Crippen LogP contribution < -0.4 is 10.6 Å². The number of carbonyl (C=O) groups excluding carboxylic acids is 3. The second-order valence-electron chi connectivity index (χ2n) is 7.85. The maximum Gasteiger partial charge on any atom is 0.252 e. The molecule has 0 radical (unpaired) electrons. The van der Waals surface area contributed by atoms with Gasteiger partial charge < -0.3 is 15.4 Å². The summed E-state index contributed by atoms with van der Waals surface area (Å²) in [5.41, 5.74) is -0.490. The summed E-state index contributed by atoms with van der Waals surface area (Å²) in [5.74, 6) is -0.279. The molecular formula is C20H28N2O4S. The van der Waals surface area contributed by atoms with Crippen molar-refractivity contribution in [3.63, 3.8) is 0 Å². The van der Waals surface area contributed by atoms with E-state index in [1.165, 1.54) is 30.6 Å². The molecule has 1 saturated carbocycles. The van der Waals surface area contributed by atoms with Crippen LogP contribution in [0.1, 0.15) is 62.7 Å². The van der Waals surface area contributed by atoms with Gasteiger partial charge in [-0.25, -0.2) is 0 Å². The predicted molar refractivity (Wildman–Crippen MR) is 104 cm³/mol. The smallest absolute Gasteiger partial charge is 0.252 e. The number of rotatable bonds is 6. The molecule has 1 aromatic heterocycles. The van der Waals surface area contributed by atoms with E-state index in [2.05, 4.69) is 10.6 Å². The van der Waals surface area contributed by atoms with E-state index in [1.807, 2.05) is 5.38 Å². The number of hydrogen-bond donors (Lipinski definition) is 2. The van der Waals surface area contributed by atoms with Crippen molar-refractivity contribution in [2.75, 3.05) is 6.61 Å². The van der Waals surface area contributed by atoms with Crippen molar-refractivity contribution >= 4 is 28.9 Å². The van der Waals surface area contributed by atoms with Crippen molar-refractivity contribution in [2.24, 2.45) is 5.92 Å². The molecule has 1 aromatic rings. The van der Waals surface area contributed by atoms with Gasteiger partial charge in [-0.1, -0.05) is 32.1 Å². The zero-order valence-electron chi connectivity index (χ0n) is 16.0. The lowest BCUT2D eigenvalue weighted by Gasteiger charge is -2.31. The molecule has 6 nitrogen and oxygen atoms in total. The standard InChI is InChI=1S/C20H28N2O4S/c1-13-20(2,17(23)11-26-13)22-19(25)16(10-14-6-4-3-5-7-14)21-18(24)15-8-9-27-12-15/h8-9,12-14,16H,3-7,10-11H2,1-2H3,(H,21,24)(H,22,25)/t13-,16+,20-/m1/s1. The van der Waals surface area contributed by atoms with E-state index in [9.17, 15) is 14.4 Å². The fourth-order valence-corrected chi connectivity index (χ4v) is 4.52. The van der Waals surface area contributed by atoms with E-state index in [-0.39, 0.29) is 24.2 Å². The Hall–Kier alpha value is -1.73. The molecule has 3 rings (SSSR count). The van der Waals surface area contributed by atoms with Gasteiger partial charge in [0.25, 0.3) is 5.91 Å². The zero-order chi connectivity index (χ0) is 19.4. The number of carbonyl (C=O) groups is 3. The van der Waals surface area contributed by atoms with Crippen LogP contribution >= 0.6 is 11.3 Å². The monoisotopic (exact) mass is 392 g/mol. The quantitative estimate of drug-likeness (QED) is 0.780. The Labute approximate surface area is 164 Å². The first-order chi connectivity index (χ1) is 12.9. The van der Waals surface area contributed by atoms with Gasteiger partial charge in [0.1, 0.15) is 18.2 Å². The molecule has 2 heterocycles. The summed E-state index contributed by atoms with van der Waals surface area (Å²) in [5, 5.41) is 9.36. The lowest BCUT2D eigenvalue weighted by atomic mass is 9.84. The fraction of sp³-hybridized carbons (Fsp3) is 0.650. The molecular weight excluding hydrogens is 364 g/mol.